The van der Waals surface area contributed by atoms with Crippen LogP contribution in [0.2, 0.25) is 0 Å². The van der Waals surface area contributed by atoms with Crippen molar-refractivity contribution in [2.75, 3.05) is 13.1 Å². The van der Waals surface area contributed by atoms with Crippen LogP contribution < -0.4 is 0 Å². The van der Waals surface area contributed by atoms with E-state index in [1.54, 1.807) is 0 Å². The molecule has 0 bridgehead atoms. The van der Waals surface area contributed by atoms with Crippen LogP contribution in [0.3, 0.4) is 0 Å². The maximum Gasteiger partial charge on any atom is 0.0236 e. The Hall–Kier alpha value is -1.08. The van der Waals surface area contributed by atoms with Gasteiger partial charge < -0.3 is 0 Å². The van der Waals surface area contributed by atoms with Gasteiger partial charge in [0.15, 0.2) is 0 Å². The van der Waals surface area contributed by atoms with Gasteiger partial charge in [0.1, 0.15) is 0 Å². The van der Waals surface area contributed by atoms with Crippen molar-refractivity contribution in [2.24, 2.45) is 0 Å². The molecule has 0 atom stereocenters. The Kier molecular flexibility index (Phi) is 5.99. The van der Waals surface area contributed by atoms with E-state index in [1.165, 1.54) is 29.7 Å². The normalized spacial score (nSPS) is 10.8. The van der Waals surface area contributed by atoms with Gasteiger partial charge in [-0.05, 0) is 44.4 Å². The molecular formula is C16H25N. The summed E-state index contributed by atoms with van der Waals surface area (Å²) in [6.07, 6.45) is 4.29. The van der Waals surface area contributed by atoms with Crippen molar-refractivity contribution in [1.82, 2.24) is 4.90 Å². The molecule has 0 aromatic heterocycles. The molecule has 1 rings (SSSR count). The first-order valence-electron chi connectivity index (χ1n) is 6.56. The molecule has 0 unspecified atom stereocenters. The van der Waals surface area contributed by atoms with E-state index in [-0.39, 0.29) is 0 Å². The van der Waals surface area contributed by atoms with Gasteiger partial charge >= 0.3 is 0 Å². The Morgan fingerprint density at radius 2 is 2.00 bits per heavy atom. The average molecular weight is 231 g/mol. The zero-order valence-corrected chi connectivity index (χ0v) is 11.5. The van der Waals surface area contributed by atoms with Gasteiger partial charge in [-0.2, -0.15) is 0 Å². The molecular weight excluding hydrogens is 206 g/mol. The highest BCUT2D eigenvalue weighted by Gasteiger charge is 2.06. The SMILES string of the molecule is C=CCCN(CCC)Cc1ccc(C)cc1C. The highest BCUT2D eigenvalue weighted by Crippen LogP contribution is 2.13. The minimum Gasteiger partial charge on any atom is -0.299 e. The molecule has 0 amide bonds. The van der Waals surface area contributed by atoms with Gasteiger partial charge in [-0.3, -0.25) is 4.90 Å². The minimum absolute atomic E-state index is 1.06. The Labute approximate surface area is 106 Å². The lowest BCUT2D eigenvalue weighted by Gasteiger charge is -2.22. The van der Waals surface area contributed by atoms with Gasteiger partial charge in [0.05, 0.1) is 0 Å². The second-order valence-corrected chi connectivity index (χ2v) is 4.78. The minimum atomic E-state index is 1.06. The van der Waals surface area contributed by atoms with Crippen LogP contribution in [0, 0.1) is 13.8 Å². The molecule has 0 saturated carbocycles. The van der Waals surface area contributed by atoms with E-state index in [0.717, 1.165) is 19.5 Å². The van der Waals surface area contributed by atoms with Gasteiger partial charge in [0, 0.05) is 13.1 Å². The van der Waals surface area contributed by atoms with Crippen molar-refractivity contribution in [3.05, 3.63) is 47.5 Å². The molecule has 0 heterocycles. The topological polar surface area (TPSA) is 3.24 Å². The summed E-state index contributed by atoms with van der Waals surface area (Å²) in [7, 11) is 0. The second kappa shape index (κ2) is 7.29. The number of nitrogens with zero attached hydrogens (tertiary/aromatic N) is 1. The van der Waals surface area contributed by atoms with Gasteiger partial charge in [0.25, 0.3) is 0 Å². The lowest BCUT2D eigenvalue weighted by atomic mass is 10.1. The zero-order valence-electron chi connectivity index (χ0n) is 11.5. The third-order valence-corrected chi connectivity index (χ3v) is 3.08. The number of hydrogen-bond acceptors (Lipinski definition) is 1. The maximum atomic E-state index is 3.80. The Bertz CT molecular complexity index is 355. The molecule has 0 aliphatic heterocycles. The molecule has 0 saturated heterocycles. The summed E-state index contributed by atoms with van der Waals surface area (Å²) in [4.78, 5) is 2.51. The largest absolute Gasteiger partial charge is 0.299 e. The third kappa shape index (κ3) is 4.74. The van der Waals surface area contributed by atoms with E-state index in [2.05, 4.69) is 50.4 Å². The molecule has 17 heavy (non-hydrogen) atoms. The molecule has 1 nitrogen and oxygen atoms in total. The molecule has 0 N–H and O–H groups in total. The van der Waals surface area contributed by atoms with Crippen LogP contribution in [-0.2, 0) is 6.54 Å². The lowest BCUT2D eigenvalue weighted by molar-refractivity contribution is 0.270. The number of rotatable bonds is 7. The zero-order chi connectivity index (χ0) is 12.7. The Balaban J connectivity index is 2.67. The van der Waals surface area contributed by atoms with Crippen molar-refractivity contribution in [2.45, 2.75) is 40.2 Å². The molecule has 1 aromatic carbocycles. The van der Waals surface area contributed by atoms with Gasteiger partial charge in [-0.25, -0.2) is 0 Å². The van der Waals surface area contributed by atoms with E-state index in [1.807, 2.05) is 6.08 Å². The van der Waals surface area contributed by atoms with Crippen LogP contribution >= 0.6 is 0 Å². The third-order valence-electron chi connectivity index (χ3n) is 3.08. The molecule has 1 aromatic rings. The highest BCUT2D eigenvalue weighted by molar-refractivity contribution is 5.30. The quantitative estimate of drug-likeness (QED) is 0.639. The molecule has 0 spiro atoms. The molecule has 0 radical (unpaired) electrons. The van der Waals surface area contributed by atoms with E-state index in [4.69, 9.17) is 0 Å². The number of aryl methyl sites for hydroxylation is 2. The fraction of sp³-hybridized carbons (Fsp3) is 0.500. The van der Waals surface area contributed by atoms with Gasteiger partial charge in [-0.15, -0.1) is 6.58 Å². The lowest BCUT2D eigenvalue weighted by Crippen LogP contribution is -2.25. The maximum absolute atomic E-state index is 3.80. The first-order chi connectivity index (χ1) is 8.17. The highest BCUT2D eigenvalue weighted by atomic mass is 15.1. The summed E-state index contributed by atoms with van der Waals surface area (Å²) in [5, 5.41) is 0. The fourth-order valence-electron chi connectivity index (χ4n) is 2.12. The van der Waals surface area contributed by atoms with Gasteiger partial charge in [-0.1, -0.05) is 36.8 Å². The fourth-order valence-corrected chi connectivity index (χ4v) is 2.12. The monoisotopic (exact) mass is 231 g/mol. The van der Waals surface area contributed by atoms with Crippen LogP contribution in [0.15, 0.2) is 30.9 Å². The molecule has 0 aliphatic carbocycles. The summed E-state index contributed by atoms with van der Waals surface area (Å²) < 4.78 is 0. The smallest absolute Gasteiger partial charge is 0.0236 e. The average Bonchev–Trinajstić information content (AvgIpc) is 2.29. The predicted octanol–water partition coefficient (Wildman–Crippen LogP) is 4.09. The van der Waals surface area contributed by atoms with E-state index in [0.29, 0.717) is 0 Å². The standard InChI is InChI=1S/C16H25N/c1-5-7-11-17(10-6-2)13-16-9-8-14(3)12-15(16)4/h5,8-9,12H,1,6-7,10-11,13H2,2-4H3. The van der Waals surface area contributed by atoms with Crippen LogP contribution in [-0.4, -0.2) is 18.0 Å². The summed E-state index contributed by atoms with van der Waals surface area (Å²) in [5.74, 6) is 0. The second-order valence-electron chi connectivity index (χ2n) is 4.78. The Morgan fingerprint density at radius 1 is 1.24 bits per heavy atom. The van der Waals surface area contributed by atoms with Gasteiger partial charge in [0.2, 0.25) is 0 Å². The first-order valence-corrected chi connectivity index (χ1v) is 6.56. The predicted molar refractivity (Wildman–Crippen MR) is 76.3 cm³/mol. The van der Waals surface area contributed by atoms with E-state index < -0.39 is 0 Å². The van der Waals surface area contributed by atoms with E-state index >= 15 is 0 Å². The summed E-state index contributed by atoms with van der Waals surface area (Å²) in [6, 6.07) is 6.74. The van der Waals surface area contributed by atoms with Crippen LogP contribution in [0.1, 0.15) is 36.5 Å². The molecule has 1 heteroatoms. The molecule has 0 aliphatic rings. The van der Waals surface area contributed by atoms with Crippen LogP contribution in [0.5, 0.6) is 0 Å². The molecule has 94 valence electrons. The van der Waals surface area contributed by atoms with Crippen molar-refractivity contribution in [3.8, 4) is 0 Å². The van der Waals surface area contributed by atoms with E-state index in [9.17, 15) is 0 Å². The van der Waals surface area contributed by atoms with Crippen molar-refractivity contribution in [3.63, 3.8) is 0 Å². The van der Waals surface area contributed by atoms with Crippen molar-refractivity contribution >= 4 is 0 Å². The van der Waals surface area contributed by atoms with Crippen molar-refractivity contribution in [1.29, 1.82) is 0 Å². The summed E-state index contributed by atoms with van der Waals surface area (Å²) >= 11 is 0. The molecule has 0 fully saturated rings. The number of benzene rings is 1. The van der Waals surface area contributed by atoms with Crippen LogP contribution in [0.4, 0.5) is 0 Å². The van der Waals surface area contributed by atoms with Crippen LogP contribution in [0.25, 0.3) is 0 Å². The summed E-state index contributed by atoms with van der Waals surface area (Å²) in [5.41, 5.74) is 4.21. The summed E-state index contributed by atoms with van der Waals surface area (Å²) in [6.45, 7) is 13.7. The van der Waals surface area contributed by atoms with Crippen molar-refractivity contribution < 1.29 is 0 Å². The number of hydrogen-bond donors (Lipinski definition) is 0. The Morgan fingerprint density at radius 3 is 2.59 bits per heavy atom. The first kappa shape index (κ1) is 14.0.